The van der Waals surface area contributed by atoms with Crippen molar-refractivity contribution in [3.8, 4) is 5.75 Å². The molecule has 0 saturated heterocycles. The largest absolute Gasteiger partial charge is 0.398 e. The molecule has 0 aliphatic carbocycles. The van der Waals surface area contributed by atoms with Crippen LogP contribution < -0.4 is 11.5 Å². The summed E-state index contributed by atoms with van der Waals surface area (Å²) < 4.78 is 0. The zero-order valence-corrected chi connectivity index (χ0v) is 6.95. The number of fused-ring (bicyclic) bond motifs is 1. The summed E-state index contributed by atoms with van der Waals surface area (Å²) in [4.78, 5) is 0. The van der Waals surface area contributed by atoms with E-state index in [4.69, 9.17) is 11.5 Å². The lowest BCUT2D eigenvalue weighted by Crippen LogP contribution is -1.90. The Labute approximate surface area is 75.6 Å². The van der Waals surface area contributed by atoms with Crippen LogP contribution in [0.15, 0.2) is 30.3 Å². The molecule has 0 aliphatic rings. The second-order valence-electron chi connectivity index (χ2n) is 2.92. The lowest BCUT2D eigenvalue weighted by Gasteiger charge is -2.04. The van der Waals surface area contributed by atoms with Crippen LogP contribution in [0.1, 0.15) is 0 Å². The third kappa shape index (κ3) is 1.05. The van der Waals surface area contributed by atoms with E-state index in [0.717, 1.165) is 5.39 Å². The monoisotopic (exact) mass is 173 g/mol. The molecule has 3 heteroatoms. The van der Waals surface area contributed by atoms with E-state index in [9.17, 15) is 5.11 Å². The highest BCUT2D eigenvalue weighted by Crippen LogP contribution is 2.33. The van der Waals surface area contributed by atoms with Crippen molar-refractivity contribution in [3.05, 3.63) is 30.3 Å². The van der Waals surface area contributed by atoms with Crippen LogP contribution in [-0.2, 0) is 5.11 Å². The Balaban J connectivity index is 3.00. The first kappa shape index (κ1) is 7.73. The topological polar surface area (TPSA) is 71.9 Å². The van der Waals surface area contributed by atoms with Gasteiger partial charge in [-0.25, -0.2) is 0 Å². The molecule has 2 aromatic rings. The van der Waals surface area contributed by atoms with E-state index in [1.54, 1.807) is 24.3 Å². The Hall–Kier alpha value is -1.90. The summed E-state index contributed by atoms with van der Waals surface area (Å²) >= 11 is 0. The average Bonchev–Trinajstić information content (AvgIpc) is 2.12. The van der Waals surface area contributed by atoms with E-state index in [-0.39, 0.29) is 5.75 Å². The van der Waals surface area contributed by atoms with Gasteiger partial charge >= 0.3 is 0 Å². The summed E-state index contributed by atoms with van der Waals surface area (Å²) in [5.41, 5.74) is 12.4. The minimum Gasteiger partial charge on any atom is -0.398 e. The Morgan fingerprint density at radius 3 is 2.38 bits per heavy atom. The molecule has 13 heavy (non-hydrogen) atoms. The lowest BCUT2D eigenvalue weighted by molar-refractivity contribution is 0.360. The van der Waals surface area contributed by atoms with Gasteiger partial charge in [0.15, 0.2) is 5.75 Å². The molecule has 1 radical (unpaired) electrons. The molecule has 0 heterocycles. The number of anilines is 2. The summed E-state index contributed by atoms with van der Waals surface area (Å²) in [5, 5.41) is 12.7. The van der Waals surface area contributed by atoms with Gasteiger partial charge in [0.2, 0.25) is 0 Å². The van der Waals surface area contributed by atoms with E-state index in [2.05, 4.69) is 0 Å². The van der Waals surface area contributed by atoms with Crippen molar-refractivity contribution < 1.29 is 5.11 Å². The molecule has 0 spiro atoms. The Morgan fingerprint density at radius 1 is 0.923 bits per heavy atom. The highest BCUT2D eigenvalue weighted by Gasteiger charge is 2.06. The summed E-state index contributed by atoms with van der Waals surface area (Å²) in [7, 11) is 0. The number of hydrogen-bond donors (Lipinski definition) is 2. The third-order valence-electron chi connectivity index (χ3n) is 2.07. The van der Waals surface area contributed by atoms with Gasteiger partial charge in [-0.3, -0.25) is 5.11 Å². The van der Waals surface area contributed by atoms with E-state index in [0.29, 0.717) is 16.8 Å². The van der Waals surface area contributed by atoms with Crippen LogP contribution in [-0.4, -0.2) is 0 Å². The molecule has 0 atom stereocenters. The maximum Gasteiger partial charge on any atom is 0.188 e. The smallest absolute Gasteiger partial charge is 0.188 e. The van der Waals surface area contributed by atoms with Crippen LogP contribution in [0.3, 0.4) is 0 Å². The van der Waals surface area contributed by atoms with Gasteiger partial charge in [0.1, 0.15) is 0 Å². The lowest BCUT2D eigenvalue weighted by atomic mass is 10.1. The number of hydrogen-bond acceptors (Lipinski definition) is 2. The third-order valence-corrected chi connectivity index (χ3v) is 2.07. The van der Waals surface area contributed by atoms with Crippen molar-refractivity contribution in [1.29, 1.82) is 0 Å². The van der Waals surface area contributed by atoms with Crippen LogP contribution in [0.5, 0.6) is 5.75 Å². The fourth-order valence-electron chi connectivity index (χ4n) is 1.42. The molecule has 65 valence electrons. The number of rotatable bonds is 0. The van der Waals surface area contributed by atoms with Gasteiger partial charge in [-0.15, -0.1) is 0 Å². The minimum absolute atomic E-state index is 0.0812. The van der Waals surface area contributed by atoms with Crippen LogP contribution in [0.4, 0.5) is 11.4 Å². The Kier molecular flexibility index (Phi) is 1.52. The molecule has 0 amide bonds. The SMILES string of the molecule is Nc1ccc([O])c2c(N)cccc12. The maximum atomic E-state index is 11.4. The van der Waals surface area contributed by atoms with E-state index >= 15 is 0 Å². The molecule has 0 saturated carbocycles. The second kappa shape index (κ2) is 2.55. The number of nitrogens with two attached hydrogens (primary N) is 2. The van der Waals surface area contributed by atoms with Crippen LogP contribution >= 0.6 is 0 Å². The normalized spacial score (nSPS) is 10.5. The molecule has 0 bridgehead atoms. The minimum atomic E-state index is -0.0812. The summed E-state index contributed by atoms with van der Waals surface area (Å²) in [6, 6.07) is 8.32. The molecule has 3 nitrogen and oxygen atoms in total. The number of benzene rings is 2. The molecule has 0 unspecified atom stereocenters. The maximum absolute atomic E-state index is 11.4. The fourth-order valence-corrected chi connectivity index (χ4v) is 1.42. The summed E-state index contributed by atoms with van der Waals surface area (Å²) in [6.45, 7) is 0. The molecular weight excluding hydrogens is 164 g/mol. The van der Waals surface area contributed by atoms with Gasteiger partial charge in [0, 0.05) is 16.8 Å². The van der Waals surface area contributed by atoms with Gasteiger partial charge in [-0.1, -0.05) is 12.1 Å². The van der Waals surface area contributed by atoms with Crippen LogP contribution in [0.2, 0.25) is 0 Å². The van der Waals surface area contributed by atoms with Crippen molar-refractivity contribution in [2.45, 2.75) is 0 Å². The second-order valence-corrected chi connectivity index (χ2v) is 2.92. The summed E-state index contributed by atoms with van der Waals surface area (Å²) in [6.07, 6.45) is 0. The highest BCUT2D eigenvalue weighted by molar-refractivity contribution is 6.03. The van der Waals surface area contributed by atoms with Crippen molar-refractivity contribution in [2.24, 2.45) is 0 Å². The van der Waals surface area contributed by atoms with Crippen molar-refractivity contribution >= 4 is 22.1 Å². The Morgan fingerprint density at radius 2 is 1.69 bits per heavy atom. The molecule has 2 aromatic carbocycles. The van der Waals surface area contributed by atoms with Crippen molar-refractivity contribution in [3.63, 3.8) is 0 Å². The van der Waals surface area contributed by atoms with Gasteiger partial charge in [0.25, 0.3) is 0 Å². The molecular formula is C10H9N2O. The predicted molar refractivity (Wildman–Crippen MR) is 52.9 cm³/mol. The fraction of sp³-hybridized carbons (Fsp3) is 0. The van der Waals surface area contributed by atoms with E-state index in [1.165, 1.54) is 6.07 Å². The molecule has 2 rings (SSSR count). The summed E-state index contributed by atoms with van der Waals surface area (Å²) in [5.74, 6) is -0.0812. The predicted octanol–water partition coefficient (Wildman–Crippen LogP) is 2.15. The molecule has 0 fully saturated rings. The van der Waals surface area contributed by atoms with Crippen molar-refractivity contribution in [1.82, 2.24) is 0 Å². The highest BCUT2D eigenvalue weighted by atomic mass is 16.3. The van der Waals surface area contributed by atoms with Crippen molar-refractivity contribution in [2.75, 3.05) is 11.5 Å². The first-order chi connectivity index (χ1) is 6.20. The zero-order valence-electron chi connectivity index (χ0n) is 6.95. The van der Waals surface area contributed by atoms with E-state index < -0.39 is 0 Å². The van der Waals surface area contributed by atoms with Crippen LogP contribution in [0, 0.1) is 0 Å². The van der Waals surface area contributed by atoms with Crippen LogP contribution in [0.25, 0.3) is 10.8 Å². The Bertz CT molecular complexity index is 457. The first-order valence-electron chi connectivity index (χ1n) is 3.94. The van der Waals surface area contributed by atoms with Gasteiger partial charge in [0.05, 0.1) is 5.39 Å². The standard InChI is InChI=1S/C10H9N2O/c11-7-4-5-9(13)10-6(7)2-1-3-8(10)12/h1-5H,11-12H2. The molecule has 0 aliphatic heterocycles. The van der Waals surface area contributed by atoms with Gasteiger partial charge in [-0.05, 0) is 18.2 Å². The van der Waals surface area contributed by atoms with Gasteiger partial charge < -0.3 is 11.5 Å². The zero-order chi connectivity index (χ0) is 9.42. The molecule has 0 aromatic heterocycles. The first-order valence-corrected chi connectivity index (χ1v) is 3.94. The quantitative estimate of drug-likeness (QED) is 0.599. The average molecular weight is 173 g/mol. The van der Waals surface area contributed by atoms with E-state index in [1.807, 2.05) is 0 Å². The number of nitrogen functional groups attached to an aromatic ring is 2. The molecule has 4 N–H and O–H groups in total. The van der Waals surface area contributed by atoms with Gasteiger partial charge in [-0.2, -0.15) is 0 Å².